The molecule has 8 heteroatoms. The number of nitrogens with one attached hydrogen (secondary N) is 1. The lowest BCUT2D eigenvalue weighted by Crippen LogP contribution is -2.38. The molecule has 0 radical (unpaired) electrons. The molecule has 0 bridgehead atoms. The van der Waals surface area contributed by atoms with Crippen LogP contribution in [-0.2, 0) is 10.0 Å². The highest BCUT2D eigenvalue weighted by Gasteiger charge is 2.43. The lowest BCUT2D eigenvalue weighted by atomic mass is 10.1. The zero-order chi connectivity index (χ0) is 17.3. The molecule has 1 unspecified atom stereocenters. The van der Waals surface area contributed by atoms with Crippen molar-refractivity contribution in [3.63, 3.8) is 0 Å². The Bertz CT molecular complexity index is 769. The quantitative estimate of drug-likeness (QED) is 0.857. The van der Waals surface area contributed by atoms with Crippen LogP contribution >= 0.6 is 0 Å². The van der Waals surface area contributed by atoms with E-state index in [1.807, 2.05) is 0 Å². The monoisotopic (exact) mass is 347 g/mol. The molecule has 2 rings (SSSR count). The molecule has 3 nitrogen and oxygen atoms in total. The Kier molecular flexibility index (Phi) is 4.76. The third-order valence-electron chi connectivity index (χ3n) is 3.13. The number of halogens is 4. The Morgan fingerprint density at radius 3 is 1.96 bits per heavy atom. The molecule has 23 heavy (non-hydrogen) atoms. The van der Waals surface area contributed by atoms with Crippen LogP contribution in [0.2, 0.25) is 0 Å². The summed E-state index contributed by atoms with van der Waals surface area (Å²) >= 11 is 0. The van der Waals surface area contributed by atoms with Gasteiger partial charge in [0.25, 0.3) is 0 Å². The van der Waals surface area contributed by atoms with E-state index in [1.165, 1.54) is 24.3 Å². The minimum Gasteiger partial charge on any atom is -0.207 e. The molecule has 0 amide bonds. The normalized spacial score (nSPS) is 13.8. The van der Waals surface area contributed by atoms with Gasteiger partial charge in [0.05, 0.1) is 4.90 Å². The topological polar surface area (TPSA) is 46.2 Å². The third kappa shape index (κ3) is 4.29. The number of alkyl halides is 3. The maximum absolute atomic E-state index is 13.2. The van der Waals surface area contributed by atoms with Gasteiger partial charge in [-0.25, -0.2) is 12.8 Å². The first-order valence-corrected chi connectivity index (χ1v) is 7.99. The summed E-state index contributed by atoms with van der Waals surface area (Å²) < 4.78 is 78.4. The molecule has 2 aromatic carbocycles. The number of rotatable bonds is 4. The van der Waals surface area contributed by atoms with Crippen LogP contribution in [0.3, 0.4) is 0 Å². The standard InChI is InChI=1S/C15H13F4NO2S/c1-10-2-8-13(9-3-10)23(21,22)20-14(15(17,18)19)11-4-6-12(16)7-5-11/h2-9,14,20H,1H3. The average Bonchev–Trinajstić information content (AvgIpc) is 2.45. The summed E-state index contributed by atoms with van der Waals surface area (Å²) in [5.41, 5.74) is 0.379. The van der Waals surface area contributed by atoms with Gasteiger partial charge in [0, 0.05) is 0 Å². The van der Waals surface area contributed by atoms with E-state index in [2.05, 4.69) is 0 Å². The van der Waals surface area contributed by atoms with Gasteiger partial charge in [-0.15, -0.1) is 0 Å². The lowest BCUT2D eigenvalue weighted by molar-refractivity contribution is -0.153. The summed E-state index contributed by atoms with van der Waals surface area (Å²) in [5, 5.41) is 0. The Hall–Kier alpha value is -1.93. The van der Waals surface area contributed by atoms with E-state index in [9.17, 15) is 26.0 Å². The van der Waals surface area contributed by atoms with Gasteiger partial charge < -0.3 is 0 Å². The molecule has 0 aliphatic heterocycles. The van der Waals surface area contributed by atoms with Crippen LogP contribution < -0.4 is 4.72 Å². The summed E-state index contributed by atoms with van der Waals surface area (Å²) in [4.78, 5) is -0.278. The van der Waals surface area contributed by atoms with Crippen molar-refractivity contribution in [1.29, 1.82) is 0 Å². The van der Waals surface area contributed by atoms with Crippen LogP contribution in [0.25, 0.3) is 0 Å². The summed E-state index contributed by atoms with van der Waals surface area (Å²) in [6.45, 7) is 1.72. The maximum Gasteiger partial charge on any atom is 0.408 e. The number of benzene rings is 2. The smallest absolute Gasteiger partial charge is 0.207 e. The molecule has 2 aromatic rings. The number of hydrogen-bond donors (Lipinski definition) is 1. The molecule has 0 saturated carbocycles. The molecular weight excluding hydrogens is 334 g/mol. The zero-order valence-corrected chi connectivity index (χ0v) is 12.7. The highest BCUT2D eigenvalue weighted by atomic mass is 32.2. The van der Waals surface area contributed by atoms with Crippen molar-refractivity contribution in [1.82, 2.24) is 4.72 Å². The van der Waals surface area contributed by atoms with E-state index >= 15 is 0 Å². The Labute approximate surface area is 131 Å². The summed E-state index contributed by atoms with van der Waals surface area (Å²) in [7, 11) is -4.38. The number of aryl methyl sites for hydroxylation is 1. The second-order valence-electron chi connectivity index (χ2n) is 4.96. The van der Waals surface area contributed by atoms with Gasteiger partial charge in [-0.05, 0) is 36.8 Å². The van der Waals surface area contributed by atoms with Crippen molar-refractivity contribution >= 4 is 10.0 Å². The fourth-order valence-corrected chi connectivity index (χ4v) is 3.13. The number of sulfonamides is 1. The summed E-state index contributed by atoms with van der Waals surface area (Å²) in [6, 6.07) is 6.41. The van der Waals surface area contributed by atoms with Crippen LogP contribution in [0.1, 0.15) is 17.2 Å². The van der Waals surface area contributed by atoms with Crippen molar-refractivity contribution in [3.05, 3.63) is 65.5 Å². The molecule has 0 aliphatic rings. The van der Waals surface area contributed by atoms with Crippen molar-refractivity contribution in [3.8, 4) is 0 Å². The van der Waals surface area contributed by atoms with Gasteiger partial charge in [-0.3, -0.25) is 0 Å². The first-order chi connectivity index (χ1) is 10.6. The fourth-order valence-electron chi connectivity index (χ4n) is 1.92. The first-order valence-electron chi connectivity index (χ1n) is 6.51. The van der Waals surface area contributed by atoms with E-state index in [4.69, 9.17) is 0 Å². The zero-order valence-electron chi connectivity index (χ0n) is 11.9. The molecule has 1 N–H and O–H groups in total. The fraction of sp³-hybridized carbons (Fsp3) is 0.200. The van der Waals surface area contributed by atoms with Gasteiger partial charge in [0.2, 0.25) is 10.0 Å². The van der Waals surface area contributed by atoms with Gasteiger partial charge in [-0.1, -0.05) is 29.8 Å². The van der Waals surface area contributed by atoms with Crippen molar-refractivity contribution in [2.75, 3.05) is 0 Å². The summed E-state index contributed by atoms with van der Waals surface area (Å²) in [6.07, 6.45) is -4.87. The minimum absolute atomic E-state index is 0.278. The molecule has 0 aliphatic carbocycles. The lowest BCUT2D eigenvalue weighted by Gasteiger charge is -2.22. The van der Waals surface area contributed by atoms with Crippen LogP contribution in [0.4, 0.5) is 17.6 Å². The predicted octanol–water partition coefficient (Wildman–Crippen LogP) is 3.72. The highest BCUT2D eigenvalue weighted by molar-refractivity contribution is 7.89. The molecule has 0 fully saturated rings. The van der Waals surface area contributed by atoms with Crippen molar-refractivity contribution in [2.45, 2.75) is 24.0 Å². The minimum atomic E-state index is -4.87. The average molecular weight is 347 g/mol. The van der Waals surface area contributed by atoms with E-state index in [0.29, 0.717) is 0 Å². The van der Waals surface area contributed by atoms with Crippen molar-refractivity contribution < 1.29 is 26.0 Å². The van der Waals surface area contributed by atoms with E-state index in [-0.39, 0.29) is 4.90 Å². The van der Waals surface area contributed by atoms with E-state index in [1.54, 1.807) is 11.6 Å². The first kappa shape index (κ1) is 17.4. The van der Waals surface area contributed by atoms with E-state index in [0.717, 1.165) is 29.8 Å². The van der Waals surface area contributed by atoms with Crippen molar-refractivity contribution in [2.24, 2.45) is 0 Å². The molecule has 0 aromatic heterocycles. The molecule has 0 spiro atoms. The maximum atomic E-state index is 13.2. The molecule has 0 heterocycles. The summed E-state index contributed by atoms with van der Waals surface area (Å²) in [5.74, 6) is -0.712. The molecular formula is C15H13F4NO2S. The van der Waals surface area contributed by atoms with E-state index < -0.39 is 33.6 Å². The Balaban J connectivity index is 2.38. The van der Waals surface area contributed by atoms with Crippen LogP contribution in [0, 0.1) is 12.7 Å². The largest absolute Gasteiger partial charge is 0.408 e. The second-order valence-corrected chi connectivity index (χ2v) is 6.67. The molecule has 0 saturated heterocycles. The van der Waals surface area contributed by atoms with Crippen LogP contribution in [0.15, 0.2) is 53.4 Å². The molecule has 124 valence electrons. The van der Waals surface area contributed by atoms with Gasteiger partial charge in [0.15, 0.2) is 0 Å². The Morgan fingerprint density at radius 1 is 0.957 bits per heavy atom. The van der Waals surface area contributed by atoms with Gasteiger partial charge in [0.1, 0.15) is 11.9 Å². The highest BCUT2D eigenvalue weighted by Crippen LogP contribution is 2.34. The predicted molar refractivity (Wildman–Crippen MR) is 76.7 cm³/mol. The molecule has 1 atom stereocenters. The number of hydrogen-bond acceptors (Lipinski definition) is 2. The SMILES string of the molecule is Cc1ccc(S(=O)(=O)NC(c2ccc(F)cc2)C(F)(F)F)cc1. The van der Waals surface area contributed by atoms with Gasteiger partial charge in [-0.2, -0.15) is 17.9 Å². The Morgan fingerprint density at radius 2 is 1.48 bits per heavy atom. The van der Waals surface area contributed by atoms with Crippen LogP contribution in [-0.4, -0.2) is 14.6 Å². The second kappa shape index (κ2) is 6.29. The third-order valence-corrected chi connectivity index (χ3v) is 4.57. The van der Waals surface area contributed by atoms with Gasteiger partial charge >= 0.3 is 6.18 Å². The van der Waals surface area contributed by atoms with Crippen LogP contribution in [0.5, 0.6) is 0 Å².